The molecule has 0 aromatic heterocycles. The van der Waals surface area contributed by atoms with Crippen LogP contribution in [0.5, 0.6) is 0 Å². The van der Waals surface area contributed by atoms with E-state index in [0.717, 1.165) is 37.7 Å². The zero-order valence-corrected chi connectivity index (χ0v) is 16.0. The van der Waals surface area contributed by atoms with Crippen molar-refractivity contribution < 1.29 is 9.53 Å². The number of rotatable bonds is 6. The van der Waals surface area contributed by atoms with Crippen molar-refractivity contribution in [3.05, 3.63) is 60.2 Å². The van der Waals surface area contributed by atoms with Gasteiger partial charge in [-0.25, -0.2) is 4.79 Å². The predicted molar refractivity (Wildman–Crippen MR) is 109 cm³/mol. The summed E-state index contributed by atoms with van der Waals surface area (Å²) in [6.45, 7) is 3.72. The molecule has 0 unspecified atom stereocenters. The highest BCUT2D eigenvalue weighted by Crippen LogP contribution is 2.23. The molecule has 144 valence electrons. The second-order valence-electron chi connectivity index (χ2n) is 6.85. The number of carbonyl (C=O) groups is 1. The molecule has 2 amide bonds. The number of nitrogens with one attached hydrogen (secondary N) is 2. The van der Waals surface area contributed by atoms with E-state index in [4.69, 9.17) is 4.74 Å². The molecule has 2 aromatic rings. The van der Waals surface area contributed by atoms with Gasteiger partial charge >= 0.3 is 6.03 Å². The summed E-state index contributed by atoms with van der Waals surface area (Å²) in [7, 11) is 4.06. The summed E-state index contributed by atoms with van der Waals surface area (Å²) in [5, 5.41) is 5.90. The average Bonchev–Trinajstić information content (AvgIpc) is 2.70. The number of para-hydroxylation sites is 1. The van der Waals surface area contributed by atoms with Crippen molar-refractivity contribution in [2.45, 2.75) is 6.04 Å². The highest BCUT2D eigenvalue weighted by Gasteiger charge is 2.23. The highest BCUT2D eigenvalue weighted by atomic mass is 16.5. The Morgan fingerprint density at radius 2 is 1.74 bits per heavy atom. The number of carbonyl (C=O) groups excluding carboxylic acids is 1. The lowest BCUT2D eigenvalue weighted by molar-refractivity contribution is 0.0168. The van der Waals surface area contributed by atoms with E-state index in [9.17, 15) is 4.79 Å². The Morgan fingerprint density at radius 1 is 1.07 bits per heavy atom. The maximum atomic E-state index is 12.3. The monoisotopic (exact) mass is 368 g/mol. The number of ether oxygens (including phenoxy) is 1. The third kappa shape index (κ3) is 5.45. The summed E-state index contributed by atoms with van der Waals surface area (Å²) in [5.41, 5.74) is 3.14. The van der Waals surface area contributed by atoms with Gasteiger partial charge < -0.3 is 20.3 Å². The highest BCUT2D eigenvalue weighted by molar-refractivity contribution is 5.89. The maximum absolute atomic E-state index is 12.3. The van der Waals surface area contributed by atoms with Gasteiger partial charge in [-0.2, -0.15) is 0 Å². The van der Waals surface area contributed by atoms with Crippen LogP contribution >= 0.6 is 0 Å². The Morgan fingerprint density at radius 3 is 2.37 bits per heavy atom. The lowest BCUT2D eigenvalue weighted by Gasteiger charge is -2.35. The fourth-order valence-electron chi connectivity index (χ4n) is 3.23. The fraction of sp³-hybridized carbons (Fsp3) is 0.381. The number of hydrogen-bond acceptors (Lipinski definition) is 4. The molecule has 6 heteroatoms. The lowest BCUT2D eigenvalue weighted by Crippen LogP contribution is -2.44. The van der Waals surface area contributed by atoms with E-state index in [1.807, 2.05) is 44.4 Å². The fourth-order valence-corrected chi connectivity index (χ4v) is 3.23. The van der Waals surface area contributed by atoms with Crippen molar-refractivity contribution >= 4 is 17.4 Å². The summed E-state index contributed by atoms with van der Waals surface area (Å²) in [5.74, 6) is 0. The number of benzene rings is 2. The van der Waals surface area contributed by atoms with Crippen LogP contribution in [-0.4, -0.2) is 57.9 Å². The SMILES string of the molecule is CN(C)c1ccc([C@H](CNC(=O)Nc2ccccc2)N2CCOCC2)cc1. The van der Waals surface area contributed by atoms with Gasteiger partial charge in [0.2, 0.25) is 0 Å². The molecule has 0 radical (unpaired) electrons. The van der Waals surface area contributed by atoms with Crippen molar-refractivity contribution in [3.8, 4) is 0 Å². The third-order valence-electron chi connectivity index (χ3n) is 4.77. The quantitative estimate of drug-likeness (QED) is 0.823. The van der Waals surface area contributed by atoms with Crippen LogP contribution in [0.25, 0.3) is 0 Å². The Kier molecular flexibility index (Phi) is 6.68. The molecule has 3 rings (SSSR count). The first-order valence-corrected chi connectivity index (χ1v) is 9.32. The molecule has 1 aliphatic rings. The molecule has 0 spiro atoms. The van der Waals surface area contributed by atoms with Crippen LogP contribution in [0.4, 0.5) is 16.2 Å². The molecule has 2 N–H and O–H groups in total. The first-order valence-electron chi connectivity index (χ1n) is 9.32. The molecule has 1 aliphatic heterocycles. The van der Waals surface area contributed by atoms with Gasteiger partial charge in [0, 0.05) is 45.1 Å². The molecule has 6 nitrogen and oxygen atoms in total. The summed E-state index contributed by atoms with van der Waals surface area (Å²) in [4.78, 5) is 16.8. The van der Waals surface area contributed by atoms with Gasteiger partial charge in [0.05, 0.1) is 19.3 Å². The van der Waals surface area contributed by atoms with E-state index in [-0.39, 0.29) is 12.1 Å². The van der Waals surface area contributed by atoms with Gasteiger partial charge in [0.1, 0.15) is 0 Å². The van der Waals surface area contributed by atoms with Crippen LogP contribution in [0.1, 0.15) is 11.6 Å². The zero-order valence-electron chi connectivity index (χ0n) is 16.0. The van der Waals surface area contributed by atoms with E-state index in [2.05, 4.69) is 44.7 Å². The van der Waals surface area contributed by atoms with E-state index >= 15 is 0 Å². The molecule has 0 bridgehead atoms. The van der Waals surface area contributed by atoms with Crippen molar-refractivity contribution in [1.82, 2.24) is 10.2 Å². The lowest BCUT2D eigenvalue weighted by atomic mass is 10.0. The van der Waals surface area contributed by atoms with E-state index < -0.39 is 0 Å². The summed E-state index contributed by atoms with van der Waals surface area (Å²) >= 11 is 0. The zero-order chi connectivity index (χ0) is 19.1. The van der Waals surface area contributed by atoms with Crippen LogP contribution in [0.2, 0.25) is 0 Å². The smallest absolute Gasteiger partial charge is 0.319 e. The first-order chi connectivity index (χ1) is 13.1. The van der Waals surface area contributed by atoms with Crippen molar-refractivity contribution in [2.75, 3.05) is 57.2 Å². The van der Waals surface area contributed by atoms with Gasteiger partial charge in [0.15, 0.2) is 0 Å². The average molecular weight is 368 g/mol. The van der Waals surface area contributed by atoms with Crippen LogP contribution in [0.15, 0.2) is 54.6 Å². The van der Waals surface area contributed by atoms with Crippen molar-refractivity contribution in [3.63, 3.8) is 0 Å². The third-order valence-corrected chi connectivity index (χ3v) is 4.77. The standard InChI is InChI=1S/C21H28N4O2/c1-24(2)19-10-8-17(9-11-19)20(25-12-14-27-15-13-25)16-22-21(26)23-18-6-4-3-5-7-18/h3-11,20H,12-16H2,1-2H3,(H2,22,23,26)/t20-/m0/s1. The Labute approximate surface area is 161 Å². The number of amides is 2. The van der Waals surface area contributed by atoms with Crippen LogP contribution in [0.3, 0.4) is 0 Å². The van der Waals surface area contributed by atoms with Gasteiger partial charge in [-0.15, -0.1) is 0 Å². The van der Waals surface area contributed by atoms with Crippen LogP contribution < -0.4 is 15.5 Å². The normalized spacial score (nSPS) is 15.8. The number of nitrogens with zero attached hydrogens (tertiary/aromatic N) is 2. The minimum absolute atomic E-state index is 0.117. The summed E-state index contributed by atoms with van der Waals surface area (Å²) in [6.07, 6.45) is 0. The molecular formula is C21H28N4O2. The molecular weight excluding hydrogens is 340 g/mol. The van der Waals surface area contributed by atoms with Crippen LogP contribution in [-0.2, 0) is 4.74 Å². The van der Waals surface area contributed by atoms with Gasteiger partial charge in [-0.1, -0.05) is 30.3 Å². The van der Waals surface area contributed by atoms with Gasteiger partial charge in [-0.3, -0.25) is 4.90 Å². The summed E-state index contributed by atoms with van der Waals surface area (Å²) in [6, 6.07) is 17.9. The van der Waals surface area contributed by atoms with E-state index in [0.29, 0.717) is 6.54 Å². The number of urea groups is 1. The van der Waals surface area contributed by atoms with Gasteiger partial charge in [-0.05, 0) is 29.8 Å². The largest absolute Gasteiger partial charge is 0.379 e. The predicted octanol–water partition coefficient (Wildman–Crippen LogP) is 2.95. The molecule has 0 saturated carbocycles. The molecule has 27 heavy (non-hydrogen) atoms. The molecule has 0 aliphatic carbocycles. The van der Waals surface area contributed by atoms with Gasteiger partial charge in [0.25, 0.3) is 0 Å². The van der Waals surface area contributed by atoms with E-state index in [1.54, 1.807) is 0 Å². The first kappa shape index (κ1) is 19.2. The molecule has 1 fully saturated rings. The topological polar surface area (TPSA) is 56.8 Å². The maximum Gasteiger partial charge on any atom is 0.319 e. The molecule has 1 heterocycles. The Hall–Kier alpha value is -2.57. The van der Waals surface area contributed by atoms with E-state index in [1.165, 1.54) is 5.56 Å². The second kappa shape index (κ2) is 9.39. The van der Waals surface area contributed by atoms with Crippen LogP contribution in [0, 0.1) is 0 Å². The minimum atomic E-state index is -0.190. The Balaban J connectivity index is 1.67. The number of hydrogen-bond donors (Lipinski definition) is 2. The minimum Gasteiger partial charge on any atom is -0.379 e. The van der Waals surface area contributed by atoms with Crippen molar-refractivity contribution in [2.24, 2.45) is 0 Å². The molecule has 1 saturated heterocycles. The number of morpholine rings is 1. The molecule has 2 aromatic carbocycles. The number of anilines is 2. The molecule has 1 atom stereocenters. The Bertz CT molecular complexity index is 713. The second-order valence-corrected chi connectivity index (χ2v) is 6.85. The summed E-state index contributed by atoms with van der Waals surface area (Å²) < 4.78 is 5.49. The van der Waals surface area contributed by atoms with Crippen molar-refractivity contribution in [1.29, 1.82) is 0 Å².